The summed E-state index contributed by atoms with van der Waals surface area (Å²) in [5, 5.41) is 6.28. The van der Waals surface area contributed by atoms with Crippen molar-refractivity contribution in [2.75, 3.05) is 19.6 Å². The fourth-order valence-electron chi connectivity index (χ4n) is 4.30. The van der Waals surface area contributed by atoms with Crippen LogP contribution in [0.1, 0.15) is 52.5 Å². The van der Waals surface area contributed by atoms with Crippen molar-refractivity contribution in [2.24, 2.45) is 0 Å². The van der Waals surface area contributed by atoms with Gasteiger partial charge < -0.3 is 20.0 Å². The van der Waals surface area contributed by atoms with Crippen LogP contribution in [-0.2, 0) is 4.79 Å². The van der Waals surface area contributed by atoms with Crippen LogP contribution in [0.5, 0.6) is 0 Å². The molecular formula is C27H31N3O3. The minimum Gasteiger partial charge on any atom is -0.459 e. The summed E-state index contributed by atoms with van der Waals surface area (Å²) in [5.74, 6) is 0.278. The maximum atomic E-state index is 12.8. The first-order valence-electron chi connectivity index (χ1n) is 11.6. The second-order valence-electron chi connectivity index (χ2n) is 8.59. The molecule has 2 amide bonds. The molecule has 1 aromatic heterocycles. The topological polar surface area (TPSA) is 74.6 Å². The molecule has 0 radical (unpaired) electrons. The van der Waals surface area contributed by atoms with E-state index in [2.05, 4.69) is 15.5 Å². The minimum atomic E-state index is -0.161. The lowest BCUT2D eigenvalue weighted by molar-refractivity contribution is -0.122. The summed E-state index contributed by atoms with van der Waals surface area (Å²) < 4.78 is 5.28. The zero-order valence-corrected chi connectivity index (χ0v) is 19.0. The van der Waals surface area contributed by atoms with Crippen molar-refractivity contribution in [3.63, 3.8) is 0 Å². The van der Waals surface area contributed by atoms with Crippen LogP contribution in [-0.4, -0.2) is 42.4 Å². The van der Waals surface area contributed by atoms with Crippen molar-refractivity contribution in [3.05, 3.63) is 95.4 Å². The Bertz CT molecular complexity index is 1000. The molecule has 1 saturated heterocycles. The average molecular weight is 446 g/mol. The van der Waals surface area contributed by atoms with Crippen LogP contribution in [0.25, 0.3) is 0 Å². The van der Waals surface area contributed by atoms with Gasteiger partial charge in [0.05, 0.1) is 12.3 Å². The molecule has 0 saturated carbocycles. The molecule has 2 N–H and O–H groups in total. The van der Waals surface area contributed by atoms with Gasteiger partial charge in [0.25, 0.3) is 5.91 Å². The molecule has 172 valence electrons. The second kappa shape index (κ2) is 11.0. The molecule has 1 fully saturated rings. The third-order valence-electron chi connectivity index (χ3n) is 6.22. The highest BCUT2D eigenvalue weighted by molar-refractivity contribution is 5.93. The average Bonchev–Trinajstić information content (AvgIpc) is 3.29. The number of piperidine rings is 1. The van der Waals surface area contributed by atoms with Gasteiger partial charge in [-0.3, -0.25) is 9.59 Å². The van der Waals surface area contributed by atoms with Crippen molar-refractivity contribution in [1.82, 2.24) is 15.5 Å². The van der Waals surface area contributed by atoms with E-state index in [1.165, 1.54) is 6.26 Å². The van der Waals surface area contributed by atoms with Gasteiger partial charge >= 0.3 is 0 Å². The SMILES string of the molecule is Cc1ccoc1C(=O)NC1CCN(CCC(=O)NC(c2ccccc2)c2ccccc2)CC1. The third-order valence-corrected chi connectivity index (χ3v) is 6.22. The quantitative estimate of drug-likeness (QED) is 0.548. The number of hydrogen-bond donors (Lipinski definition) is 2. The Kier molecular flexibility index (Phi) is 7.58. The molecule has 0 aliphatic carbocycles. The number of rotatable bonds is 8. The lowest BCUT2D eigenvalue weighted by Gasteiger charge is -2.32. The summed E-state index contributed by atoms with van der Waals surface area (Å²) >= 11 is 0. The van der Waals surface area contributed by atoms with Crippen molar-refractivity contribution < 1.29 is 14.0 Å². The number of furan rings is 1. The molecule has 1 aliphatic rings. The van der Waals surface area contributed by atoms with E-state index >= 15 is 0 Å². The van der Waals surface area contributed by atoms with Gasteiger partial charge in [-0.25, -0.2) is 0 Å². The maximum Gasteiger partial charge on any atom is 0.287 e. The van der Waals surface area contributed by atoms with E-state index in [4.69, 9.17) is 4.42 Å². The molecule has 6 heteroatoms. The number of likely N-dealkylation sites (tertiary alicyclic amines) is 1. The predicted molar refractivity (Wildman–Crippen MR) is 128 cm³/mol. The summed E-state index contributed by atoms with van der Waals surface area (Å²) in [6, 6.07) is 21.9. The summed E-state index contributed by atoms with van der Waals surface area (Å²) in [4.78, 5) is 27.5. The van der Waals surface area contributed by atoms with Gasteiger partial charge in [-0.1, -0.05) is 60.7 Å². The van der Waals surface area contributed by atoms with E-state index in [1.54, 1.807) is 6.07 Å². The van der Waals surface area contributed by atoms with E-state index in [0.717, 1.165) is 42.6 Å². The minimum absolute atomic E-state index is 0.0384. The number of nitrogens with one attached hydrogen (secondary N) is 2. The van der Waals surface area contributed by atoms with Gasteiger partial charge in [-0.15, -0.1) is 0 Å². The lowest BCUT2D eigenvalue weighted by Crippen LogP contribution is -2.45. The van der Waals surface area contributed by atoms with Gasteiger partial charge in [-0.05, 0) is 37.0 Å². The van der Waals surface area contributed by atoms with Gasteiger partial charge in [0, 0.05) is 37.7 Å². The zero-order valence-electron chi connectivity index (χ0n) is 19.0. The second-order valence-corrected chi connectivity index (χ2v) is 8.59. The first kappa shape index (κ1) is 22.8. The Labute approximate surface area is 195 Å². The Morgan fingerprint density at radius 2 is 1.58 bits per heavy atom. The van der Waals surface area contributed by atoms with Crippen molar-refractivity contribution >= 4 is 11.8 Å². The Morgan fingerprint density at radius 3 is 2.12 bits per heavy atom. The summed E-state index contributed by atoms with van der Waals surface area (Å²) in [6.45, 7) is 4.29. The normalized spacial score (nSPS) is 14.8. The molecule has 4 rings (SSSR count). The van der Waals surface area contributed by atoms with E-state index in [-0.39, 0.29) is 23.9 Å². The van der Waals surface area contributed by atoms with Gasteiger partial charge in [0.15, 0.2) is 5.76 Å². The standard InChI is InChI=1S/C27H31N3O3/c1-20-15-19-33-26(20)27(32)28-23-12-16-30(17-13-23)18-14-24(31)29-25(21-8-4-2-5-9-21)22-10-6-3-7-11-22/h2-11,15,19,23,25H,12-14,16-18H2,1H3,(H,28,32)(H,29,31). The summed E-state index contributed by atoms with van der Waals surface area (Å²) in [7, 11) is 0. The van der Waals surface area contributed by atoms with Crippen LogP contribution in [0.15, 0.2) is 77.4 Å². The number of amides is 2. The predicted octanol–water partition coefficient (Wildman–Crippen LogP) is 4.08. The van der Waals surface area contributed by atoms with Gasteiger partial charge in [0.2, 0.25) is 5.91 Å². The molecule has 0 spiro atoms. The van der Waals surface area contributed by atoms with Crippen molar-refractivity contribution in [2.45, 2.75) is 38.3 Å². The number of carbonyl (C=O) groups excluding carboxylic acids is 2. The monoisotopic (exact) mass is 445 g/mol. The Morgan fingerprint density at radius 1 is 0.970 bits per heavy atom. The molecule has 6 nitrogen and oxygen atoms in total. The summed E-state index contributed by atoms with van der Waals surface area (Å²) in [6.07, 6.45) is 3.71. The number of aryl methyl sites for hydroxylation is 1. The van der Waals surface area contributed by atoms with Crippen LogP contribution < -0.4 is 10.6 Å². The third kappa shape index (κ3) is 6.11. The number of nitrogens with zero attached hydrogens (tertiary/aromatic N) is 1. The highest BCUT2D eigenvalue weighted by Gasteiger charge is 2.24. The van der Waals surface area contributed by atoms with E-state index < -0.39 is 0 Å². The maximum absolute atomic E-state index is 12.8. The van der Waals surface area contributed by atoms with E-state index in [0.29, 0.717) is 18.7 Å². The number of benzene rings is 2. The first-order valence-corrected chi connectivity index (χ1v) is 11.6. The van der Waals surface area contributed by atoms with E-state index in [9.17, 15) is 9.59 Å². The molecule has 2 aromatic carbocycles. The molecule has 33 heavy (non-hydrogen) atoms. The molecule has 3 aromatic rings. The highest BCUT2D eigenvalue weighted by Crippen LogP contribution is 2.22. The Balaban J connectivity index is 1.25. The summed E-state index contributed by atoms with van der Waals surface area (Å²) in [5.41, 5.74) is 2.99. The number of hydrogen-bond acceptors (Lipinski definition) is 4. The van der Waals surface area contributed by atoms with Crippen LogP contribution in [0.3, 0.4) is 0 Å². The zero-order chi connectivity index (χ0) is 23.0. The molecule has 2 heterocycles. The fourth-order valence-corrected chi connectivity index (χ4v) is 4.30. The molecular weight excluding hydrogens is 414 g/mol. The molecule has 0 atom stereocenters. The van der Waals surface area contributed by atoms with Gasteiger partial charge in [-0.2, -0.15) is 0 Å². The fraction of sp³-hybridized carbons (Fsp3) is 0.333. The van der Waals surface area contributed by atoms with Crippen LogP contribution in [0.2, 0.25) is 0 Å². The van der Waals surface area contributed by atoms with Crippen molar-refractivity contribution in [1.29, 1.82) is 0 Å². The Hall–Kier alpha value is -3.38. The molecule has 1 aliphatic heterocycles. The number of carbonyl (C=O) groups is 2. The van der Waals surface area contributed by atoms with Crippen LogP contribution in [0, 0.1) is 6.92 Å². The van der Waals surface area contributed by atoms with Crippen LogP contribution >= 0.6 is 0 Å². The van der Waals surface area contributed by atoms with Crippen LogP contribution in [0.4, 0.5) is 0 Å². The molecule has 0 unspecified atom stereocenters. The largest absolute Gasteiger partial charge is 0.459 e. The highest BCUT2D eigenvalue weighted by atomic mass is 16.3. The van der Waals surface area contributed by atoms with Crippen molar-refractivity contribution in [3.8, 4) is 0 Å². The van der Waals surface area contributed by atoms with Gasteiger partial charge in [0.1, 0.15) is 0 Å². The van der Waals surface area contributed by atoms with E-state index in [1.807, 2.05) is 67.6 Å². The smallest absolute Gasteiger partial charge is 0.287 e. The lowest BCUT2D eigenvalue weighted by atomic mass is 9.98. The first-order chi connectivity index (χ1) is 16.1. The molecule has 0 bridgehead atoms.